The van der Waals surface area contributed by atoms with E-state index in [1.165, 1.54) is 84.7 Å². The molecule has 0 aliphatic rings. The van der Waals surface area contributed by atoms with Gasteiger partial charge in [-0.15, -0.1) is 22.7 Å². The molecule has 0 spiro atoms. The molecule has 3 nitrogen and oxygen atoms in total. The van der Waals surface area contributed by atoms with Crippen LogP contribution in [-0.2, 0) is 0 Å². The van der Waals surface area contributed by atoms with E-state index in [-0.39, 0.29) is 0 Å². The number of fused-ring (bicyclic) bond motifs is 11. The molecule has 0 saturated carbocycles. The summed E-state index contributed by atoms with van der Waals surface area (Å²) in [5.74, 6) is 0.644. The molecule has 0 aliphatic heterocycles. The number of aromatic nitrogens is 2. The van der Waals surface area contributed by atoms with Crippen molar-refractivity contribution in [2.45, 2.75) is 0 Å². The van der Waals surface area contributed by atoms with Crippen molar-refractivity contribution in [3.8, 4) is 39.4 Å². The maximum absolute atomic E-state index is 6.95. The number of hydrogen-bond acceptors (Lipinski definition) is 4. The number of hydrogen-bond donors (Lipinski definition) is 0. The van der Waals surface area contributed by atoms with Crippen molar-refractivity contribution >= 4 is 95.9 Å². The average Bonchev–Trinajstić information content (AvgIpc) is 4.01. The Morgan fingerprint density at radius 1 is 0.444 bits per heavy atom. The van der Waals surface area contributed by atoms with Crippen LogP contribution in [0.2, 0.25) is 0 Å². The molecule has 0 bridgehead atoms. The van der Waals surface area contributed by atoms with Gasteiger partial charge in [-0.1, -0.05) is 121 Å². The van der Waals surface area contributed by atoms with Crippen molar-refractivity contribution in [1.29, 1.82) is 0 Å². The van der Waals surface area contributed by atoms with Crippen LogP contribution < -0.4 is 0 Å². The van der Waals surface area contributed by atoms with Gasteiger partial charge in [0.2, 0.25) is 5.89 Å². The van der Waals surface area contributed by atoms with Gasteiger partial charge in [0.05, 0.1) is 21.4 Å². The standard InChI is InChI=1S/C49H28N2OS2/c1-2-12-29(13-3-1)30-14-10-15-31(28-30)32-19-11-20-36-45-43(54-47(32)36)27-25-38-46(45)52-49(50-38)37-24-26-41(48-44(37)35-18-6-9-23-42(35)53-48)51-39-21-7-4-16-33(39)34-17-5-8-22-40(34)51/h1-28H. The van der Waals surface area contributed by atoms with E-state index < -0.39 is 0 Å². The van der Waals surface area contributed by atoms with E-state index in [1.54, 1.807) is 0 Å². The molecule has 0 unspecified atom stereocenters. The summed E-state index contributed by atoms with van der Waals surface area (Å²) >= 11 is 3.66. The minimum Gasteiger partial charge on any atom is -0.435 e. The summed E-state index contributed by atoms with van der Waals surface area (Å²) in [5, 5.41) is 7.22. The second-order valence-corrected chi connectivity index (χ2v) is 15.9. The van der Waals surface area contributed by atoms with Gasteiger partial charge in [-0.3, -0.25) is 0 Å². The third-order valence-corrected chi connectivity index (χ3v) is 13.3. The molecule has 0 fully saturated rings. The SMILES string of the molecule is c1ccc(-c2cccc(-c3cccc4c3sc3ccc5nc(-c6ccc(-n7c8ccccc8c8ccccc87)c7sc8ccccc8c67)oc5c34)c2)cc1. The Labute approximate surface area is 317 Å². The van der Waals surface area contributed by atoms with Crippen LogP contribution in [0, 0.1) is 0 Å². The summed E-state index contributed by atoms with van der Waals surface area (Å²) in [5.41, 5.74) is 11.1. The second kappa shape index (κ2) is 11.5. The van der Waals surface area contributed by atoms with Crippen LogP contribution in [-0.4, -0.2) is 9.55 Å². The topological polar surface area (TPSA) is 31.0 Å². The lowest BCUT2D eigenvalue weighted by molar-refractivity contribution is 0.624. The first-order chi connectivity index (χ1) is 26.8. The fourth-order valence-corrected chi connectivity index (χ4v) is 10.9. The van der Waals surface area contributed by atoms with E-state index in [0.29, 0.717) is 5.89 Å². The number of thiophene rings is 2. The smallest absolute Gasteiger partial charge is 0.228 e. The number of oxazole rings is 1. The van der Waals surface area contributed by atoms with Gasteiger partial charge < -0.3 is 8.98 Å². The first kappa shape index (κ1) is 30.0. The van der Waals surface area contributed by atoms with Gasteiger partial charge >= 0.3 is 0 Å². The molecule has 0 atom stereocenters. The fourth-order valence-electron chi connectivity index (χ4n) is 8.46. The highest BCUT2D eigenvalue weighted by atomic mass is 32.1. The molecule has 252 valence electrons. The summed E-state index contributed by atoms with van der Waals surface area (Å²) < 4.78 is 14.3. The van der Waals surface area contributed by atoms with Crippen molar-refractivity contribution in [2.24, 2.45) is 0 Å². The zero-order chi connectivity index (χ0) is 35.3. The molecular weight excluding hydrogens is 697 g/mol. The molecule has 4 aromatic heterocycles. The van der Waals surface area contributed by atoms with Crippen molar-refractivity contribution in [1.82, 2.24) is 9.55 Å². The quantitative estimate of drug-likeness (QED) is 0.181. The number of rotatable bonds is 4. The summed E-state index contributed by atoms with van der Waals surface area (Å²) in [7, 11) is 0. The molecular formula is C49H28N2OS2. The largest absolute Gasteiger partial charge is 0.435 e. The van der Waals surface area contributed by atoms with Crippen molar-refractivity contribution in [3.63, 3.8) is 0 Å². The highest BCUT2D eigenvalue weighted by molar-refractivity contribution is 7.26. The lowest BCUT2D eigenvalue weighted by Crippen LogP contribution is -1.94. The molecule has 8 aromatic carbocycles. The van der Waals surface area contributed by atoms with Gasteiger partial charge in [0.1, 0.15) is 5.52 Å². The minimum absolute atomic E-state index is 0.644. The zero-order valence-electron chi connectivity index (χ0n) is 28.8. The Kier molecular flexibility index (Phi) is 6.38. The zero-order valence-corrected chi connectivity index (χ0v) is 30.4. The first-order valence-corrected chi connectivity index (χ1v) is 19.8. The monoisotopic (exact) mass is 724 g/mol. The molecule has 54 heavy (non-hydrogen) atoms. The Hall–Kier alpha value is -6.53. The summed E-state index contributed by atoms with van der Waals surface area (Å²) in [6, 6.07) is 61.0. The molecule has 4 heterocycles. The van der Waals surface area contributed by atoms with Crippen LogP contribution in [0.3, 0.4) is 0 Å². The molecule has 0 radical (unpaired) electrons. The molecule has 5 heteroatoms. The predicted octanol–water partition coefficient (Wildman–Crippen LogP) is 14.7. The number of nitrogens with zero attached hydrogens (tertiary/aromatic N) is 2. The van der Waals surface area contributed by atoms with Gasteiger partial charge in [-0.2, -0.15) is 0 Å². The highest BCUT2D eigenvalue weighted by Gasteiger charge is 2.23. The molecule has 12 aromatic rings. The van der Waals surface area contributed by atoms with E-state index in [4.69, 9.17) is 9.40 Å². The second-order valence-electron chi connectivity index (χ2n) is 13.8. The maximum Gasteiger partial charge on any atom is 0.228 e. The van der Waals surface area contributed by atoms with Crippen LogP contribution in [0.5, 0.6) is 0 Å². The number of benzene rings is 8. The fraction of sp³-hybridized carbons (Fsp3) is 0. The normalized spacial score (nSPS) is 12.1. The maximum atomic E-state index is 6.95. The van der Waals surface area contributed by atoms with Gasteiger partial charge in [-0.05, 0) is 70.8 Å². The predicted molar refractivity (Wildman–Crippen MR) is 230 cm³/mol. The Morgan fingerprint density at radius 3 is 1.94 bits per heavy atom. The van der Waals surface area contributed by atoms with E-state index >= 15 is 0 Å². The van der Waals surface area contributed by atoms with Crippen LogP contribution in [0.1, 0.15) is 0 Å². The molecule has 0 amide bonds. The Morgan fingerprint density at radius 2 is 1.11 bits per heavy atom. The lowest BCUT2D eigenvalue weighted by atomic mass is 9.98. The molecule has 0 saturated heterocycles. The average molecular weight is 725 g/mol. The summed E-state index contributed by atoms with van der Waals surface area (Å²) in [6.07, 6.45) is 0. The van der Waals surface area contributed by atoms with Gasteiger partial charge in [0.15, 0.2) is 5.58 Å². The Bertz CT molecular complexity index is 3400. The Balaban J connectivity index is 1.07. The van der Waals surface area contributed by atoms with Crippen LogP contribution in [0.25, 0.3) is 113 Å². The first-order valence-electron chi connectivity index (χ1n) is 18.1. The van der Waals surface area contributed by atoms with Gasteiger partial charge in [-0.25, -0.2) is 4.98 Å². The van der Waals surface area contributed by atoms with Gasteiger partial charge in [0, 0.05) is 52.0 Å². The van der Waals surface area contributed by atoms with Crippen molar-refractivity contribution in [3.05, 3.63) is 170 Å². The van der Waals surface area contributed by atoms with E-state index in [0.717, 1.165) is 22.0 Å². The minimum atomic E-state index is 0.644. The third-order valence-electron chi connectivity index (χ3n) is 10.9. The van der Waals surface area contributed by atoms with Crippen LogP contribution >= 0.6 is 22.7 Å². The van der Waals surface area contributed by atoms with Crippen LogP contribution in [0.15, 0.2) is 174 Å². The molecule has 0 aliphatic carbocycles. The van der Waals surface area contributed by atoms with Gasteiger partial charge in [0.25, 0.3) is 0 Å². The number of para-hydroxylation sites is 2. The van der Waals surface area contributed by atoms with E-state index in [9.17, 15) is 0 Å². The van der Waals surface area contributed by atoms with Crippen LogP contribution in [0.4, 0.5) is 0 Å². The lowest BCUT2D eigenvalue weighted by Gasteiger charge is -2.11. The highest BCUT2D eigenvalue weighted by Crippen LogP contribution is 2.47. The van der Waals surface area contributed by atoms with E-state index in [1.807, 2.05) is 22.7 Å². The van der Waals surface area contributed by atoms with E-state index in [2.05, 4.69) is 174 Å². The molecule has 12 rings (SSSR count). The van der Waals surface area contributed by atoms with Crippen molar-refractivity contribution in [2.75, 3.05) is 0 Å². The molecule has 0 N–H and O–H groups in total. The summed E-state index contributed by atoms with van der Waals surface area (Å²) in [4.78, 5) is 5.21. The van der Waals surface area contributed by atoms with Crippen molar-refractivity contribution < 1.29 is 4.42 Å². The third kappa shape index (κ3) is 4.31. The summed E-state index contributed by atoms with van der Waals surface area (Å²) in [6.45, 7) is 0.